The normalized spacial score (nSPS) is 11.8. The van der Waals surface area contributed by atoms with Crippen molar-refractivity contribution in [2.45, 2.75) is 0 Å². The summed E-state index contributed by atoms with van der Waals surface area (Å²) in [6.07, 6.45) is 0. The molecule has 0 saturated carbocycles. The van der Waals surface area contributed by atoms with Crippen molar-refractivity contribution in [3.05, 3.63) is 146 Å². The van der Waals surface area contributed by atoms with Gasteiger partial charge in [0, 0.05) is 16.3 Å². The third-order valence-electron chi connectivity index (χ3n) is 8.48. The van der Waals surface area contributed by atoms with E-state index in [2.05, 4.69) is 133 Å². The first-order chi connectivity index (χ1) is 20.8. The van der Waals surface area contributed by atoms with Crippen molar-refractivity contribution in [3.63, 3.8) is 0 Å². The van der Waals surface area contributed by atoms with Crippen LogP contribution in [0.2, 0.25) is 0 Å². The highest BCUT2D eigenvalue weighted by molar-refractivity contribution is 6.22. The van der Waals surface area contributed by atoms with Gasteiger partial charge < -0.3 is 8.83 Å². The Kier molecular flexibility index (Phi) is 4.93. The minimum atomic E-state index is 0.823. The van der Waals surface area contributed by atoms with E-state index in [1.165, 1.54) is 33.0 Å². The highest BCUT2D eigenvalue weighted by atomic mass is 16.3. The maximum atomic E-state index is 6.64. The van der Waals surface area contributed by atoms with Crippen molar-refractivity contribution in [2.75, 3.05) is 0 Å². The average molecular weight is 537 g/mol. The molecular weight excluding hydrogens is 512 g/mol. The molecule has 0 aliphatic heterocycles. The van der Waals surface area contributed by atoms with Gasteiger partial charge in [-0.2, -0.15) is 0 Å². The van der Waals surface area contributed by atoms with Crippen LogP contribution in [0.5, 0.6) is 0 Å². The fourth-order valence-corrected chi connectivity index (χ4v) is 6.61. The van der Waals surface area contributed by atoms with Crippen LogP contribution in [0.4, 0.5) is 0 Å². The van der Waals surface area contributed by atoms with Crippen LogP contribution in [-0.2, 0) is 0 Å². The fraction of sp³-hybridized carbons (Fsp3) is 0. The minimum absolute atomic E-state index is 0.823. The molecule has 2 heteroatoms. The van der Waals surface area contributed by atoms with Crippen LogP contribution in [0.15, 0.2) is 154 Å². The SMILES string of the molecule is c1ccc(-c2cccc(-c3c4ccccc4c(-c4cc5c(ccc6c7ccccc7oc56)o4)c4ccccc34)c2)cc1. The van der Waals surface area contributed by atoms with Crippen LogP contribution in [0, 0.1) is 0 Å². The summed E-state index contributed by atoms with van der Waals surface area (Å²) in [4.78, 5) is 0. The molecule has 0 saturated heterocycles. The molecule has 0 radical (unpaired) electrons. The van der Waals surface area contributed by atoms with Gasteiger partial charge >= 0.3 is 0 Å². The zero-order valence-corrected chi connectivity index (χ0v) is 22.7. The molecule has 9 rings (SSSR count). The molecule has 0 amide bonds. The zero-order valence-electron chi connectivity index (χ0n) is 22.7. The van der Waals surface area contributed by atoms with Crippen molar-refractivity contribution in [3.8, 4) is 33.6 Å². The second-order valence-electron chi connectivity index (χ2n) is 10.9. The number of benzene rings is 7. The molecule has 196 valence electrons. The van der Waals surface area contributed by atoms with Crippen LogP contribution in [0.3, 0.4) is 0 Å². The van der Waals surface area contributed by atoms with Crippen LogP contribution in [0.1, 0.15) is 0 Å². The number of para-hydroxylation sites is 1. The third kappa shape index (κ3) is 3.39. The van der Waals surface area contributed by atoms with Gasteiger partial charge in [-0.3, -0.25) is 0 Å². The summed E-state index contributed by atoms with van der Waals surface area (Å²) in [7, 11) is 0. The smallest absolute Gasteiger partial charge is 0.146 e. The fourth-order valence-electron chi connectivity index (χ4n) is 6.61. The van der Waals surface area contributed by atoms with Gasteiger partial charge in [0.1, 0.15) is 22.5 Å². The number of fused-ring (bicyclic) bond motifs is 7. The van der Waals surface area contributed by atoms with Crippen LogP contribution in [-0.4, -0.2) is 0 Å². The molecule has 0 N–H and O–H groups in total. The monoisotopic (exact) mass is 536 g/mol. The van der Waals surface area contributed by atoms with E-state index < -0.39 is 0 Å². The first kappa shape index (κ1) is 23.1. The van der Waals surface area contributed by atoms with Crippen LogP contribution < -0.4 is 0 Å². The van der Waals surface area contributed by atoms with E-state index in [4.69, 9.17) is 8.83 Å². The Morgan fingerprint density at radius 3 is 1.62 bits per heavy atom. The van der Waals surface area contributed by atoms with Gasteiger partial charge in [-0.15, -0.1) is 0 Å². The lowest BCUT2D eigenvalue weighted by molar-refractivity contribution is 0.632. The first-order valence-corrected chi connectivity index (χ1v) is 14.3. The lowest BCUT2D eigenvalue weighted by atomic mass is 9.87. The summed E-state index contributed by atoms with van der Waals surface area (Å²) < 4.78 is 13.0. The van der Waals surface area contributed by atoms with Crippen molar-refractivity contribution >= 4 is 54.5 Å². The van der Waals surface area contributed by atoms with E-state index in [0.29, 0.717) is 0 Å². The second-order valence-corrected chi connectivity index (χ2v) is 10.9. The molecule has 42 heavy (non-hydrogen) atoms. The largest absolute Gasteiger partial charge is 0.456 e. The molecule has 2 nitrogen and oxygen atoms in total. The lowest BCUT2D eigenvalue weighted by Gasteiger charge is -2.17. The van der Waals surface area contributed by atoms with Gasteiger partial charge in [0.05, 0.1) is 5.39 Å². The standard InChI is InChI=1S/C40H24O2/c1-2-11-25(12-3-1)26-13-10-14-27(23-26)38-29-16-4-6-18-31(29)39(32-19-7-5-17-30(32)38)37-24-34-36(41-37)22-21-33-28-15-8-9-20-35(28)42-40(33)34/h1-24H. The van der Waals surface area contributed by atoms with E-state index in [9.17, 15) is 0 Å². The quantitative estimate of drug-likeness (QED) is 0.210. The van der Waals surface area contributed by atoms with E-state index in [-0.39, 0.29) is 0 Å². The molecule has 0 fully saturated rings. The summed E-state index contributed by atoms with van der Waals surface area (Å²) in [5.74, 6) is 0.843. The van der Waals surface area contributed by atoms with Crippen molar-refractivity contribution in [2.24, 2.45) is 0 Å². The maximum absolute atomic E-state index is 6.64. The van der Waals surface area contributed by atoms with Crippen LogP contribution >= 0.6 is 0 Å². The molecule has 0 atom stereocenters. The highest BCUT2D eigenvalue weighted by Crippen LogP contribution is 2.46. The third-order valence-corrected chi connectivity index (χ3v) is 8.48. The van der Waals surface area contributed by atoms with Gasteiger partial charge in [-0.05, 0) is 74.1 Å². The predicted octanol–water partition coefficient (Wildman–Crippen LogP) is 11.6. The Bertz CT molecular complexity index is 2400. The van der Waals surface area contributed by atoms with Crippen molar-refractivity contribution in [1.82, 2.24) is 0 Å². The number of furan rings is 2. The van der Waals surface area contributed by atoms with Gasteiger partial charge in [0.2, 0.25) is 0 Å². The Morgan fingerprint density at radius 2 is 0.881 bits per heavy atom. The lowest BCUT2D eigenvalue weighted by Crippen LogP contribution is -1.90. The molecule has 2 heterocycles. The molecule has 0 unspecified atom stereocenters. The van der Waals surface area contributed by atoms with E-state index in [1.807, 2.05) is 12.1 Å². The molecule has 2 aromatic heterocycles. The van der Waals surface area contributed by atoms with E-state index >= 15 is 0 Å². The molecule has 0 aliphatic rings. The van der Waals surface area contributed by atoms with Crippen molar-refractivity contribution < 1.29 is 8.83 Å². The molecule has 9 aromatic rings. The summed E-state index contributed by atoms with van der Waals surface area (Å²) >= 11 is 0. The number of rotatable bonds is 3. The highest BCUT2D eigenvalue weighted by Gasteiger charge is 2.21. The summed E-state index contributed by atoms with van der Waals surface area (Å²) in [5, 5.41) is 7.94. The molecule has 0 bridgehead atoms. The molecule has 0 spiro atoms. The van der Waals surface area contributed by atoms with Gasteiger partial charge in [-0.25, -0.2) is 0 Å². The van der Waals surface area contributed by atoms with E-state index in [0.717, 1.165) is 55.0 Å². The Morgan fingerprint density at radius 1 is 0.310 bits per heavy atom. The Labute approximate surface area is 242 Å². The predicted molar refractivity (Wildman–Crippen MR) is 175 cm³/mol. The Balaban J connectivity index is 1.34. The minimum Gasteiger partial charge on any atom is -0.456 e. The summed E-state index contributed by atoms with van der Waals surface area (Å²) in [6, 6.07) is 51.4. The number of hydrogen-bond acceptors (Lipinski definition) is 2. The number of hydrogen-bond donors (Lipinski definition) is 0. The molecule has 7 aromatic carbocycles. The van der Waals surface area contributed by atoms with Crippen LogP contribution in [0.25, 0.3) is 88.0 Å². The Hall–Kier alpha value is -5.60. The average Bonchev–Trinajstić information content (AvgIpc) is 3.66. The van der Waals surface area contributed by atoms with Gasteiger partial charge in [-0.1, -0.05) is 115 Å². The topological polar surface area (TPSA) is 26.3 Å². The summed E-state index contributed by atoms with van der Waals surface area (Å²) in [5.41, 5.74) is 8.53. The molecule has 0 aliphatic carbocycles. The maximum Gasteiger partial charge on any atom is 0.146 e. The van der Waals surface area contributed by atoms with Crippen molar-refractivity contribution in [1.29, 1.82) is 0 Å². The summed E-state index contributed by atoms with van der Waals surface area (Å²) in [6.45, 7) is 0. The van der Waals surface area contributed by atoms with Gasteiger partial charge in [0.15, 0.2) is 0 Å². The first-order valence-electron chi connectivity index (χ1n) is 14.3. The molecular formula is C40H24O2. The second kappa shape index (κ2) is 8.95. The van der Waals surface area contributed by atoms with E-state index in [1.54, 1.807) is 0 Å². The van der Waals surface area contributed by atoms with Gasteiger partial charge in [0.25, 0.3) is 0 Å². The zero-order chi connectivity index (χ0) is 27.6.